The SMILES string of the molecule is CCOC(=O)[C@@H](Cc1cc2ccc(F)cc2[nH]1)NC(=O)COc1cccc2ccccc12. The van der Waals surface area contributed by atoms with Crippen molar-refractivity contribution < 1.29 is 23.5 Å². The topological polar surface area (TPSA) is 80.4 Å². The van der Waals surface area contributed by atoms with Crippen LogP contribution < -0.4 is 10.1 Å². The highest BCUT2D eigenvalue weighted by Crippen LogP contribution is 2.25. The first kappa shape index (κ1) is 21.4. The van der Waals surface area contributed by atoms with E-state index in [-0.39, 0.29) is 25.5 Å². The zero-order valence-electron chi connectivity index (χ0n) is 17.6. The second-order valence-corrected chi connectivity index (χ2v) is 7.37. The summed E-state index contributed by atoms with van der Waals surface area (Å²) < 4.78 is 24.3. The molecule has 0 aliphatic heterocycles. The molecule has 0 spiro atoms. The van der Waals surface area contributed by atoms with Crippen LogP contribution in [0.1, 0.15) is 12.6 Å². The molecular weight excluding hydrogens is 411 g/mol. The zero-order chi connectivity index (χ0) is 22.5. The van der Waals surface area contributed by atoms with Gasteiger partial charge in [0.15, 0.2) is 6.61 Å². The number of aromatic nitrogens is 1. The van der Waals surface area contributed by atoms with Crippen molar-refractivity contribution in [3.05, 3.63) is 78.2 Å². The number of ether oxygens (including phenoxy) is 2. The van der Waals surface area contributed by atoms with Crippen molar-refractivity contribution in [3.63, 3.8) is 0 Å². The van der Waals surface area contributed by atoms with Crippen LogP contribution in [-0.2, 0) is 20.7 Å². The van der Waals surface area contributed by atoms with E-state index in [1.807, 2.05) is 42.5 Å². The van der Waals surface area contributed by atoms with Gasteiger partial charge in [0.25, 0.3) is 5.91 Å². The van der Waals surface area contributed by atoms with E-state index < -0.39 is 17.9 Å². The largest absolute Gasteiger partial charge is 0.483 e. The number of amides is 1. The molecule has 6 nitrogen and oxygen atoms in total. The normalized spacial score (nSPS) is 11.9. The summed E-state index contributed by atoms with van der Waals surface area (Å²) in [6, 6.07) is 18.7. The molecule has 2 N–H and O–H groups in total. The Kier molecular flexibility index (Phi) is 6.35. The molecule has 3 aromatic carbocycles. The number of nitrogens with one attached hydrogen (secondary N) is 2. The van der Waals surface area contributed by atoms with Gasteiger partial charge in [-0.25, -0.2) is 9.18 Å². The maximum Gasteiger partial charge on any atom is 0.329 e. The number of aromatic amines is 1. The Bertz CT molecular complexity index is 1260. The van der Waals surface area contributed by atoms with Gasteiger partial charge in [0.2, 0.25) is 0 Å². The Morgan fingerprint density at radius 3 is 2.69 bits per heavy atom. The van der Waals surface area contributed by atoms with E-state index in [4.69, 9.17) is 9.47 Å². The number of H-pyrrole nitrogens is 1. The van der Waals surface area contributed by atoms with E-state index >= 15 is 0 Å². The average Bonchev–Trinajstić information content (AvgIpc) is 3.18. The van der Waals surface area contributed by atoms with Crippen LogP contribution >= 0.6 is 0 Å². The predicted octanol–water partition coefficient (Wildman–Crippen LogP) is 4.13. The van der Waals surface area contributed by atoms with Crippen molar-refractivity contribution in [1.29, 1.82) is 0 Å². The predicted molar refractivity (Wildman–Crippen MR) is 120 cm³/mol. The quantitative estimate of drug-likeness (QED) is 0.409. The first-order chi connectivity index (χ1) is 15.5. The number of carbonyl (C=O) groups excluding carboxylic acids is 2. The van der Waals surface area contributed by atoms with E-state index in [1.54, 1.807) is 19.1 Å². The van der Waals surface area contributed by atoms with E-state index in [0.717, 1.165) is 16.2 Å². The van der Waals surface area contributed by atoms with Crippen LogP contribution in [0.4, 0.5) is 4.39 Å². The molecule has 1 atom stereocenters. The molecule has 0 aliphatic rings. The van der Waals surface area contributed by atoms with Crippen LogP contribution in [-0.4, -0.2) is 36.1 Å². The highest BCUT2D eigenvalue weighted by atomic mass is 19.1. The molecule has 1 aromatic heterocycles. The Hall–Kier alpha value is -3.87. The Morgan fingerprint density at radius 2 is 1.84 bits per heavy atom. The first-order valence-corrected chi connectivity index (χ1v) is 10.4. The van der Waals surface area contributed by atoms with Crippen molar-refractivity contribution in [3.8, 4) is 5.75 Å². The minimum absolute atomic E-state index is 0.176. The van der Waals surface area contributed by atoms with Crippen molar-refractivity contribution in [2.45, 2.75) is 19.4 Å². The number of halogens is 1. The van der Waals surface area contributed by atoms with Crippen LogP contribution in [0.5, 0.6) is 5.75 Å². The third-order valence-electron chi connectivity index (χ3n) is 5.08. The molecule has 0 aliphatic carbocycles. The van der Waals surface area contributed by atoms with Crippen molar-refractivity contribution in [2.24, 2.45) is 0 Å². The Morgan fingerprint density at radius 1 is 1.03 bits per heavy atom. The van der Waals surface area contributed by atoms with E-state index in [9.17, 15) is 14.0 Å². The minimum atomic E-state index is -0.906. The lowest BCUT2D eigenvalue weighted by Crippen LogP contribution is -2.45. The highest BCUT2D eigenvalue weighted by Gasteiger charge is 2.23. The van der Waals surface area contributed by atoms with Crippen LogP contribution in [0.3, 0.4) is 0 Å². The molecule has 0 saturated heterocycles. The summed E-state index contributed by atoms with van der Waals surface area (Å²) in [6.45, 7) is 1.64. The molecule has 0 saturated carbocycles. The van der Waals surface area contributed by atoms with Gasteiger partial charge in [-0.3, -0.25) is 4.79 Å². The van der Waals surface area contributed by atoms with Crippen LogP contribution in [0.2, 0.25) is 0 Å². The highest BCUT2D eigenvalue weighted by molar-refractivity contribution is 5.89. The number of rotatable bonds is 8. The first-order valence-electron chi connectivity index (χ1n) is 10.4. The number of carbonyl (C=O) groups is 2. The summed E-state index contributed by atoms with van der Waals surface area (Å²) >= 11 is 0. The summed E-state index contributed by atoms with van der Waals surface area (Å²) in [5.41, 5.74) is 1.30. The van der Waals surface area contributed by atoms with Crippen molar-refractivity contribution >= 4 is 33.6 Å². The van der Waals surface area contributed by atoms with E-state index in [2.05, 4.69) is 10.3 Å². The van der Waals surface area contributed by atoms with Crippen LogP contribution in [0, 0.1) is 5.82 Å². The number of hydrogen-bond donors (Lipinski definition) is 2. The third-order valence-corrected chi connectivity index (χ3v) is 5.08. The fourth-order valence-corrected chi connectivity index (χ4v) is 3.63. The van der Waals surface area contributed by atoms with Crippen molar-refractivity contribution in [2.75, 3.05) is 13.2 Å². The lowest BCUT2D eigenvalue weighted by molar-refractivity contribution is -0.147. The maximum atomic E-state index is 13.5. The standard InChI is InChI=1S/C25H23FN2O4/c1-2-31-25(30)22(14-19-12-17-10-11-18(26)13-21(17)27-19)28-24(29)15-32-23-9-5-7-16-6-3-4-8-20(16)23/h3-13,22,27H,2,14-15H2,1H3,(H,28,29)/t22-/m1/s1. The summed E-state index contributed by atoms with van der Waals surface area (Å²) in [6.07, 6.45) is 0.176. The molecule has 164 valence electrons. The number of esters is 1. The minimum Gasteiger partial charge on any atom is -0.483 e. The number of fused-ring (bicyclic) bond motifs is 2. The molecule has 7 heteroatoms. The smallest absolute Gasteiger partial charge is 0.329 e. The van der Waals surface area contributed by atoms with Gasteiger partial charge >= 0.3 is 5.97 Å². The summed E-state index contributed by atoms with van der Waals surface area (Å²) in [4.78, 5) is 28.1. The molecule has 1 amide bonds. The third kappa shape index (κ3) is 4.88. The Balaban J connectivity index is 1.45. The summed E-state index contributed by atoms with van der Waals surface area (Å²) in [5, 5.41) is 5.41. The average molecular weight is 434 g/mol. The van der Waals surface area contributed by atoms with Gasteiger partial charge in [-0.1, -0.05) is 36.4 Å². The second kappa shape index (κ2) is 9.51. The van der Waals surface area contributed by atoms with E-state index in [0.29, 0.717) is 17.0 Å². The second-order valence-electron chi connectivity index (χ2n) is 7.37. The summed E-state index contributed by atoms with van der Waals surface area (Å²) in [7, 11) is 0. The van der Waals surface area contributed by atoms with Gasteiger partial charge in [-0.2, -0.15) is 0 Å². The number of hydrogen-bond acceptors (Lipinski definition) is 4. The monoisotopic (exact) mass is 434 g/mol. The molecular formula is C25H23FN2O4. The zero-order valence-corrected chi connectivity index (χ0v) is 17.6. The van der Waals surface area contributed by atoms with Gasteiger partial charge in [-0.15, -0.1) is 0 Å². The van der Waals surface area contributed by atoms with Gasteiger partial charge in [0, 0.05) is 23.0 Å². The van der Waals surface area contributed by atoms with Crippen LogP contribution in [0.15, 0.2) is 66.7 Å². The van der Waals surface area contributed by atoms with E-state index in [1.165, 1.54) is 12.1 Å². The van der Waals surface area contributed by atoms with Gasteiger partial charge in [0.05, 0.1) is 6.61 Å². The van der Waals surface area contributed by atoms with Crippen molar-refractivity contribution in [1.82, 2.24) is 10.3 Å². The maximum absolute atomic E-state index is 13.5. The molecule has 0 unspecified atom stereocenters. The molecule has 0 fully saturated rings. The lowest BCUT2D eigenvalue weighted by Gasteiger charge is -2.17. The molecule has 4 rings (SSSR count). The Labute approximate surface area is 184 Å². The molecule has 4 aromatic rings. The fourth-order valence-electron chi connectivity index (χ4n) is 3.63. The van der Waals surface area contributed by atoms with Gasteiger partial charge in [0.1, 0.15) is 17.6 Å². The van der Waals surface area contributed by atoms with Crippen LogP contribution in [0.25, 0.3) is 21.7 Å². The summed E-state index contributed by atoms with van der Waals surface area (Å²) in [5.74, 6) is -0.760. The number of benzene rings is 3. The molecule has 0 bridgehead atoms. The molecule has 0 radical (unpaired) electrons. The molecule has 1 heterocycles. The lowest BCUT2D eigenvalue weighted by atomic mass is 10.1. The van der Waals surface area contributed by atoms with Gasteiger partial charge in [-0.05, 0) is 48.0 Å². The van der Waals surface area contributed by atoms with Gasteiger partial charge < -0.3 is 19.8 Å². The molecule has 32 heavy (non-hydrogen) atoms. The fraction of sp³-hybridized carbons (Fsp3) is 0.200.